The average Bonchev–Trinajstić information content (AvgIpc) is 2.29. The number of rotatable bonds is 6. The van der Waals surface area contributed by atoms with Gasteiger partial charge in [-0.3, -0.25) is 0 Å². The van der Waals surface area contributed by atoms with E-state index in [4.69, 9.17) is 0 Å². The van der Waals surface area contributed by atoms with Crippen molar-refractivity contribution >= 4 is 31.9 Å². The molecule has 0 amide bonds. The van der Waals surface area contributed by atoms with Crippen molar-refractivity contribution in [1.82, 2.24) is 0 Å². The summed E-state index contributed by atoms with van der Waals surface area (Å²) in [7, 11) is 0. The summed E-state index contributed by atoms with van der Waals surface area (Å²) in [6.45, 7) is -1.09. The lowest BCUT2D eigenvalue weighted by atomic mass is 9.98. The van der Waals surface area contributed by atoms with Gasteiger partial charge >= 0.3 is 6.18 Å². The van der Waals surface area contributed by atoms with Crippen molar-refractivity contribution in [2.75, 3.05) is 18.5 Å². The highest BCUT2D eigenvalue weighted by Gasteiger charge is 2.27. The van der Waals surface area contributed by atoms with Crippen LogP contribution >= 0.6 is 31.9 Å². The van der Waals surface area contributed by atoms with E-state index >= 15 is 0 Å². The minimum atomic E-state index is -4.25. The molecule has 102 valence electrons. The number of hydrogen-bond acceptors (Lipinski definition) is 1. The van der Waals surface area contributed by atoms with Crippen LogP contribution in [0.4, 0.5) is 13.2 Å². The molecule has 0 aliphatic rings. The van der Waals surface area contributed by atoms with Gasteiger partial charge in [-0.25, -0.2) is 0 Å². The first-order valence-electron chi connectivity index (χ1n) is 5.39. The summed E-state index contributed by atoms with van der Waals surface area (Å²) >= 11 is 6.82. The first kappa shape index (κ1) is 16.0. The van der Waals surface area contributed by atoms with Gasteiger partial charge in [0.15, 0.2) is 0 Å². The maximum Gasteiger partial charge on any atom is 0.411 e. The van der Waals surface area contributed by atoms with Gasteiger partial charge in [0, 0.05) is 16.4 Å². The molecule has 6 heteroatoms. The minimum Gasteiger partial charge on any atom is -0.372 e. The van der Waals surface area contributed by atoms with Crippen LogP contribution in [0.3, 0.4) is 0 Å². The van der Waals surface area contributed by atoms with Crippen LogP contribution in [0.1, 0.15) is 17.9 Å². The molecule has 18 heavy (non-hydrogen) atoms. The van der Waals surface area contributed by atoms with Crippen molar-refractivity contribution in [3.8, 4) is 0 Å². The Balaban J connectivity index is 2.46. The third-order valence-electron chi connectivity index (χ3n) is 2.41. The molecule has 1 aromatic carbocycles. The topological polar surface area (TPSA) is 9.23 Å². The largest absolute Gasteiger partial charge is 0.411 e. The van der Waals surface area contributed by atoms with Crippen LogP contribution in [-0.2, 0) is 4.74 Å². The summed E-state index contributed by atoms with van der Waals surface area (Å²) in [4.78, 5) is 0. The van der Waals surface area contributed by atoms with E-state index in [0.717, 1.165) is 10.0 Å². The zero-order valence-electron chi connectivity index (χ0n) is 9.51. The van der Waals surface area contributed by atoms with Crippen LogP contribution < -0.4 is 0 Å². The maximum atomic E-state index is 11.9. The minimum absolute atomic E-state index is 0.0944. The Hall–Kier alpha value is -0.0700. The van der Waals surface area contributed by atoms with Gasteiger partial charge in [0.2, 0.25) is 0 Å². The standard InChI is InChI=1S/C12H13Br2F3O/c13-7-9(5-6-18-8-12(15,16)17)10-3-1-2-4-11(10)14/h1-4,9H,5-8H2. The van der Waals surface area contributed by atoms with Crippen molar-refractivity contribution in [2.45, 2.75) is 18.5 Å². The van der Waals surface area contributed by atoms with Crippen LogP contribution in [0.15, 0.2) is 28.7 Å². The summed E-state index contributed by atoms with van der Waals surface area (Å²) in [5.41, 5.74) is 1.07. The van der Waals surface area contributed by atoms with Crippen molar-refractivity contribution in [1.29, 1.82) is 0 Å². The van der Waals surface area contributed by atoms with Gasteiger partial charge in [-0.1, -0.05) is 50.1 Å². The first-order chi connectivity index (χ1) is 8.44. The van der Waals surface area contributed by atoms with Crippen molar-refractivity contribution in [3.05, 3.63) is 34.3 Å². The van der Waals surface area contributed by atoms with E-state index in [1.807, 2.05) is 24.3 Å². The van der Waals surface area contributed by atoms with Crippen LogP contribution in [-0.4, -0.2) is 24.7 Å². The first-order valence-corrected chi connectivity index (χ1v) is 7.30. The number of halogens is 5. The van der Waals surface area contributed by atoms with E-state index < -0.39 is 12.8 Å². The third kappa shape index (κ3) is 5.71. The van der Waals surface area contributed by atoms with E-state index in [2.05, 4.69) is 36.6 Å². The lowest BCUT2D eigenvalue weighted by molar-refractivity contribution is -0.174. The Kier molecular flexibility index (Phi) is 6.66. The molecule has 0 fully saturated rings. The SMILES string of the molecule is FC(F)(F)COCCC(CBr)c1ccccc1Br. The lowest BCUT2D eigenvalue weighted by Gasteiger charge is -2.16. The van der Waals surface area contributed by atoms with Crippen LogP contribution in [0, 0.1) is 0 Å². The maximum absolute atomic E-state index is 11.9. The van der Waals surface area contributed by atoms with Crippen LogP contribution in [0.5, 0.6) is 0 Å². The predicted molar refractivity (Wildman–Crippen MR) is 72.2 cm³/mol. The number of hydrogen-bond donors (Lipinski definition) is 0. The quantitative estimate of drug-likeness (QED) is 0.496. The number of benzene rings is 1. The normalized spacial score (nSPS) is 13.6. The van der Waals surface area contributed by atoms with Gasteiger partial charge in [0.05, 0.1) is 0 Å². The van der Waals surface area contributed by atoms with Gasteiger partial charge in [-0.15, -0.1) is 0 Å². The van der Waals surface area contributed by atoms with Crippen LogP contribution in [0.25, 0.3) is 0 Å². The lowest BCUT2D eigenvalue weighted by Crippen LogP contribution is -2.18. The Labute approximate surface area is 121 Å². The fourth-order valence-corrected chi connectivity index (χ4v) is 2.82. The fourth-order valence-electron chi connectivity index (χ4n) is 1.54. The molecule has 0 aliphatic heterocycles. The Morgan fingerprint density at radius 1 is 1.22 bits per heavy atom. The third-order valence-corrected chi connectivity index (χ3v) is 3.91. The summed E-state index contributed by atoms with van der Waals surface area (Å²) in [6.07, 6.45) is -3.71. The van der Waals surface area contributed by atoms with Crippen molar-refractivity contribution in [3.63, 3.8) is 0 Å². The molecule has 0 bridgehead atoms. The van der Waals surface area contributed by atoms with E-state index in [1.165, 1.54) is 0 Å². The Morgan fingerprint density at radius 2 is 1.89 bits per heavy atom. The average molecular weight is 390 g/mol. The fraction of sp³-hybridized carbons (Fsp3) is 0.500. The Bertz CT molecular complexity index is 369. The highest BCUT2D eigenvalue weighted by Crippen LogP contribution is 2.29. The summed E-state index contributed by atoms with van der Waals surface area (Å²) in [5.74, 6) is 0.133. The highest BCUT2D eigenvalue weighted by atomic mass is 79.9. The zero-order valence-corrected chi connectivity index (χ0v) is 12.7. The molecule has 1 nitrogen and oxygen atoms in total. The second-order valence-corrected chi connectivity index (χ2v) is 5.33. The van der Waals surface area contributed by atoms with E-state index in [9.17, 15) is 13.2 Å². The molecule has 0 radical (unpaired) electrons. The zero-order chi connectivity index (χ0) is 13.6. The molecule has 0 aliphatic carbocycles. The van der Waals surface area contributed by atoms with Gasteiger partial charge in [-0.2, -0.15) is 13.2 Å². The van der Waals surface area contributed by atoms with Gasteiger partial charge in [0.1, 0.15) is 6.61 Å². The van der Waals surface area contributed by atoms with Gasteiger partial charge in [0.25, 0.3) is 0 Å². The van der Waals surface area contributed by atoms with Gasteiger partial charge in [-0.05, 0) is 24.0 Å². The van der Waals surface area contributed by atoms with E-state index in [0.29, 0.717) is 11.8 Å². The highest BCUT2D eigenvalue weighted by molar-refractivity contribution is 9.10. The molecule has 1 aromatic rings. The summed E-state index contributed by atoms with van der Waals surface area (Å²) in [6, 6.07) is 7.69. The smallest absolute Gasteiger partial charge is 0.372 e. The number of alkyl halides is 4. The molecule has 0 spiro atoms. The van der Waals surface area contributed by atoms with Crippen molar-refractivity contribution < 1.29 is 17.9 Å². The van der Waals surface area contributed by atoms with Gasteiger partial charge < -0.3 is 4.74 Å². The number of ether oxygens (including phenoxy) is 1. The molecular weight excluding hydrogens is 377 g/mol. The Morgan fingerprint density at radius 3 is 2.44 bits per heavy atom. The monoisotopic (exact) mass is 388 g/mol. The molecule has 0 heterocycles. The predicted octanol–water partition coefficient (Wildman–Crippen LogP) is 4.90. The molecule has 0 N–H and O–H groups in total. The second kappa shape index (κ2) is 7.50. The van der Waals surface area contributed by atoms with E-state index in [-0.39, 0.29) is 12.5 Å². The molecule has 0 saturated heterocycles. The molecule has 1 rings (SSSR count). The van der Waals surface area contributed by atoms with Crippen molar-refractivity contribution in [2.24, 2.45) is 0 Å². The molecule has 1 unspecified atom stereocenters. The summed E-state index contributed by atoms with van der Waals surface area (Å²) < 4.78 is 41.3. The molecular formula is C12H13Br2F3O. The molecule has 0 saturated carbocycles. The van der Waals surface area contributed by atoms with E-state index in [1.54, 1.807) is 0 Å². The summed E-state index contributed by atoms with van der Waals surface area (Å²) in [5, 5.41) is 0.686. The molecule has 0 aromatic heterocycles. The molecule has 1 atom stereocenters. The second-order valence-electron chi connectivity index (χ2n) is 3.83. The van der Waals surface area contributed by atoms with Crippen LogP contribution in [0.2, 0.25) is 0 Å².